The fraction of sp³-hybridized carbons (Fsp3) is 0.471. The van der Waals surface area contributed by atoms with E-state index in [2.05, 4.69) is 34.0 Å². The molecule has 1 saturated heterocycles. The SMILES string of the molecule is CCN(CC)c1ccc(/C=N/n2c([C@@H]3CCCO3)n[nH]c2=S)c(O)c1. The summed E-state index contributed by atoms with van der Waals surface area (Å²) in [7, 11) is 0. The minimum absolute atomic E-state index is 0.0938. The van der Waals surface area contributed by atoms with E-state index >= 15 is 0 Å². The second kappa shape index (κ2) is 7.79. The first-order valence-corrected chi connectivity index (χ1v) is 8.96. The van der Waals surface area contributed by atoms with E-state index in [9.17, 15) is 5.11 Å². The van der Waals surface area contributed by atoms with Crippen molar-refractivity contribution in [2.45, 2.75) is 32.8 Å². The molecule has 1 atom stereocenters. The fourth-order valence-electron chi connectivity index (χ4n) is 2.95. The van der Waals surface area contributed by atoms with Gasteiger partial charge in [-0.05, 0) is 51.0 Å². The summed E-state index contributed by atoms with van der Waals surface area (Å²) in [5, 5.41) is 21.7. The Labute approximate surface area is 151 Å². The molecule has 2 aromatic rings. The highest BCUT2D eigenvalue weighted by Gasteiger charge is 2.23. The van der Waals surface area contributed by atoms with Crippen molar-refractivity contribution in [1.82, 2.24) is 14.9 Å². The third-order valence-corrected chi connectivity index (χ3v) is 4.61. The van der Waals surface area contributed by atoms with Crippen LogP contribution in [-0.4, -0.2) is 45.9 Å². The fourth-order valence-corrected chi connectivity index (χ4v) is 3.14. The highest BCUT2D eigenvalue weighted by atomic mass is 32.1. The summed E-state index contributed by atoms with van der Waals surface area (Å²) in [5.41, 5.74) is 1.61. The summed E-state index contributed by atoms with van der Waals surface area (Å²) in [4.78, 5) is 2.17. The Bertz CT molecular complexity index is 804. The number of aromatic hydroxyl groups is 1. The van der Waals surface area contributed by atoms with Crippen LogP contribution < -0.4 is 4.90 Å². The zero-order valence-corrected chi connectivity index (χ0v) is 15.3. The maximum Gasteiger partial charge on any atom is 0.216 e. The summed E-state index contributed by atoms with van der Waals surface area (Å²) >= 11 is 5.25. The summed E-state index contributed by atoms with van der Waals surface area (Å²) < 4.78 is 7.62. The van der Waals surface area contributed by atoms with Gasteiger partial charge in [0.1, 0.15) is 11.9 Å². The predicted molar refractivity (Wildman–Crippen MR) is 100.0 cm³/mol. The van der Waals surface area contributed by atoms with Crippen molar-refractivity contribution in [2.24, 2.45) is 5.10 Å². The van der Waals surface area contributed by atoms with Crippen LogP contribution in [-0.2, 0) is 4.74 Å². The standard InChI is InChI=1S/C17H23N5O2S/c1-3-21(4-2)13-8-7-12(14(23)10-13)11-18-22-16(19-20-17(22)25)15-6-5-9-24-15/h7-8,10-11,15,23H,3-6,9H2,1-2H3,(H,20,25)/b18-11+/t15-/m0/s1. The molecule has 1 aromatic heterocycles. The van der Waals surface area contributed by atoms with Crippen molar-refractivity contribution in [3.05, 3.63) is 34.4 Å². The molecule has 1 fully saturated rings. The minimum Gasteiger partial charge on any atom is -0.507 e. The third kappa shape index (κ3) is 3.74. The quantitative estimate of drug-likeness (QED) is 0.610. The van der Waals surface area contributed by atoms with E-state index < -0.39 is 0 Å². The molecule has 7 nitrogen and oxygen atoms in total. The topological polar surface area (TPSA) is 78.7 Å². The molecule has 1 aromatic carbocycles. The average Bonchev–Trinajstić information content (AvgIpc) is 3.25. The van der Waals surface area contributed by atoms with Crippen molar-refractivity contribution in [2.75, 3.05) is 24.6 Å². The molecule has 0 unspecified atom stereocenters. The van der Waals surface area contributed by atoms with Crippen molar-refractivity contribution in [1.29, 1.82) is 0 Å². The first kappa shape index (κ1) is 17.6. The monoisotopic (exact) mass is 361 g/mol. The molecule has 0 spiro atoms. The Morgan fingerprint density at radius 1 is 1.48 bits per heavy atom. The van der Waals surface area contributed by atoms with Gasteiger partial charge in [-0.2, -0.15) is 14.9 Å². The number of hydrogen-bond acceptors (Lipinski definition) is 6. The number of nitrogens with one attached hydrogen (secondary N) is 1. The van der Waals surface area contributed by atoms with Crippen molar-refractivity contribution >= 4 is 24.1 Å². The van der Waals surface area contributed by atoms with E-state index in [0.717, 1.165) is 38.2 Å². The number of rotatable bonds is 6. The van der Waals surface area contributed by atoms with E-state index in [1.165, 1.54) is 0 Å². The molecule has 25 heavy (non-hydrogen) atoms. The third-order valence-electron chi connectivity index (χ3n) is 4.35. The normalized spacial score (nSPS) is 17.4. The summed E-state index contributed by atoms with van der Waals surface area (Å²) in [5.74, 6) is 0.847. The lowest BCUT2D eigenvalue weighted by molar-refractivity contribution is 0.102. The maximum absolute atomic E-state index is 10.3. The van der Waals surface area contributed by atoms with Gasteiger partial charge in [0.05, 0.1) is 6.21 Å². The van der Waals surface area contributed by atoms with Gasteiger partial charge in [0.25, 0.3) is 0 Å². The van der Waals surface area contributed by atoms with Crippen LogP contribution in [0.25, 0.3) is 0 Å². The van der Waals surface area contributed by atoms with Crippen LogP contribution in [0.1, 0.15) is 44.2 Å². The molecular formula is C17H23N5O2S. The van der Waals surface area contributed by atoms with E-state index in [1.54, 1.807) is 17.0 Å². The molecule has 2 N–H and O–H groups in total. The van der Waals surface area contributed by atoms with Gasteiger partial charge in [-0.25, -0.2) is 0 Å². The average molecular weight is 361 g/mol. The van der Waals surface area contributed by atoms with Crippen LogP contribution in [0.15, 0.2) is 23.3 Å². The maximum atomic E-state index is 10.3. The Balaban J connectivity index is 1.85. The molecule has 3 rings (SSSR count). The van der Waals surface area contributed by atoms with Crippen LogP contribution in [0.5, 0.6) is 5.75 Å². The number of nitrogens with zero attached hydrogens (tertiary/aromatic N) is 4. The highest BCUT2D eigenvalue weighted by molar-refractivity contribution is 7.71. The Kier molecular flexibility index (Phi) is 5.50. The number of phenolic OH excluding ortho intramolecular Hbond substituents is 1. The number of ether oxygens (including phenoxy) is 1. The summed E-state index contributed by atoms with van der Waals surface area (Å²) in [6, 6.07) is 5.58. The van der Waals surface area contributed by atoms with Gasteiger partial charge in [-0.3, -0.25) is 5.10 Å². The Morgan fingerprint density at radius 3 is 2.92 bits per heavy atom. The number of aromatic amines is 1. The second-order valence-electron chi connectivity index (χ2n) is 5.86. The molecule has 0 amide bonds. The molecule has 0 bridgehead atoms. The molecule has 0 saturated carbocycles. The van der Waals surface area contributed by atoms with Gasteiger partial charge < -0.3 is 14.7 Å². The molecular weight excluding hydrogens is 338 g/mol. The predicted octanol–water partition coefficient (Wildman–Crippen LogP) is 3.23. The van der Waals surface area contributed by atoms with E-state index in [-0.39, 0.29) is 11.9 Å². The van der Waals surface area contributed by atoms with Crippen molar-refractivity contribution in [3.63, 3.8) is 0 Å². The molecule has 1 aliphatic rings. The van der Waals surface area contributed by atoms with Crippen LogP contribution >= 0.6 is 12.2 Å². The molecule has 1 aliphatic heterocycles. The van der Waals surface area contributed by atoms with Gasteiger partial charge in [0.2, 0.25) is 4.77 Å². The highest BCUT2D eigenvalue weighted by Crippen LogP contribution is 2.27. The number of phenols is 1. The van der Waals surface area contributed by atoms with Gasteiger partial charge in [-0.15, -0.1) is 0 Å². The Morgan fingerprint density at radius 2 is 2.28 bits per heavy atom. The van der Waals surface area contributed by atoms with E-state index in [0.29, 0.717) is 16.2 Å². The molecule has 0 radical (unpaired) electrons. The molecule has 2 heterocycles. The smallest absolute Gasteiger partial charge is 0.216 e. The zero-order chi connectivity index (χ0) is 17.8. The largest absolute Gasteiger partial charge is 0.507 e. The molecule has 0 aliphatic carbocycles. The van der Waals surface area contributed by atoms with Gasteiger partial charge in [-0.1, -0.05) is 0 Å². The number of benzene rings is 1. The summed E-state index contributed by atoms with van der Waals surface area (Å²) in [6.07, 6.45) is 3.40. The van der Waals surface area contributed by atoms with Crippen LogP contribution in [0.2, 0.25) is 0 Å². The van der Waals surface area contributed by atoms with Crippen LogP contribution in [0, 0.1) is 4.77 Å². The lowest BCUT2D eigenvalue weighted by Gasteiger charge is -2.21. The van der Waals surface area contributed by atoms with Gasteiger partial charge in [0, 0.05) is 37.0 Å². The van der Waals surface area contributed by atoms with Gasteiger partial charge >= 0.3 is 0 Å². The molecule has 134 valence electrons. The number of anilines is 1. The van der Waals surface area contributed by atoms with Crippen LogP contribution in [0.3, 0.4) is 0 Å². The first-order valence-electron chi connectivity index (χ1n) is 8.55. The van der Waals surface area contributed by atoms with E-state index in [4.69, 9.17) is 17.0 Å². The van der Waals surface area contributed by atoms with Crippen molar-refractivity contribution in [3.8, 4) is 5.75 Å². The van der Waals surface area contributed by atoms with Crippen LogP contribution in [0.4, 0.5) is 5.69 Å². The Hall–Kier alpha value is -2.19. The van der Waals surface area contributed by atoms with Crippen molar-refractivity contribution < 1.29 is 9.84 Å². The zero-order valence-electron chi connectivity index (χ0n) is 14.5. The van der Waals surface area contributed by atoms with E-state index in [1.807, 2.05) is 12.1 Å². The lowest BCUT2D eigenvalue weighted by atomic mass is 10.2. The minimum atomic E-state index is -0.0938. The number of aromatic nitrogens is 3. The number of hydrogen-bond donors (Lipinski definition) is 2. The second-order valence-corrected chi connectivity index (χ2v) is 6.25. The van der Waals surface area contributed by atoms with Gasteiger partial charge in [0.15, 0.2) is 5.82 Å². The number of H-pyrrole nitrogens is 1. The molecule has 8 heteroatoms. The summed E-state index contributed by atoms with van der Waals surface area (Å²) in [6.45, 7) is 6.67. The lowest BCUT2D eigenvalue weighted by Crippen LogP contribution is -2.21. The first-order chi connectivity index (χ1) is 12.1.